The van der Waals surface area contributed by atoms with Crippen LogP contribution in [-0.4, -0.2) is 72.2 Å². The third-order valence-electron chi connectivity index (χ3n) is 3.70. The average molecular weight is 300 g/mol. The van der Waals surface area contributed by atoms with E-state index in [1.54, 1.807) is 0 Å². The van der Waals surface area contributed by atoms with Crippen molar-refractivity contribution in [1.29, 1.82) is 0 Å². The highest BCUT2D eigenvalue weighted by Gasteiger charge is 2.28. The molecule has 21 heavy (non-hydrogen) atoms. The van der Waals surface area contributed by atoms with Crippen molar-refractivity contribution >= 4 is 11.9 Å². The molecular formula is C15H28N2O4. The highest BCUT2D eigenvalue weighted by molar-refractivity contribution is 5.78. The van der Waals surface area contributed by atoms with Gasteiger partial charge >= 0.3 is 5.97 Å². The summed E-state index contributed by atoms with van der Waals surface area (Å²) >= 11 is 0. The van der Waals surface area contributed by atoms with Gasteiger partial charge in [-0.2, -0.15) is 0 Å². The number of carbonyl (C=O) groups excluding carboxylic acids is 1. The normalized spacial score (nSPS) is 19.4. The molecule has 1 amide bonds. The fourth-order valence-corrected chi connectivity index (χ4v) is 2.35. The fourth-order valence-electron chi connectivity index (χ4n) is 2.35. The van der Waals surface area contributed by atoms with Crippen molar-refractivity contribution in [2.75, 3.05) is 39.3 Å². The molecule has 1 rings (SSSR count). The molecular weight excluding hydrogens is 272 g/mol. The number of rotatable bonds is 9. The predicted octanol–water partition coefficient (Wildman–Crippen LogP) is 1.20. The van der Waals surface area contributed by atoms with Crippen LogP contribution in [-0.2, 0) is 14.3 Å². The number of hydrogen-bond donors (Lipinski definition) is 1. The molecule has 6 heteroatoms. The maximum absolute atomic E-state index is 12.4. The lowest BCUT2D eigenvalue weighted by Crippen LogP contribution is -2.50. The maximum Gasteiger partial charge on any atom is 0.334 e. The van der Waals surface area contributed by atoms with Gasteiger partial charge in [0, 0.05) is 26.2 Å². The number of aliphatic carboxylic acids is 1. The molecule has 1 N–H and O–H groups in total. The molecule has 0 radical (unpaired) electrons. The number of hydrogen-bond acceptors (Lipinski definition) is 4. The minimum atomic E-state index is -0.957. The van der Waals surface area contributed by atoms with Gasteiger partial charge in [0.1, 0.15) is 0 Å². The van der Waals surface area contributed by atoms with Crippen LogP contribution in [0.3, 0.4) is 0 Å². The summed E-state index contributed by atoms with van der Waals surface area (Å²) in [6.07, 6.45) is 3.33. The van der Waals surface area contributed by atoms with Gasteiger partial charge < -0.3 is 14.7 Å². The van der Waals surface area contributed by atoms with E-state index in [4.69, 9.17) is 9.84 Å². The van der Waals surface area contributed by atoms with Gasteiger partial charge in [0.25, 0.3) is 0 Å². The van der Waals surface area contributed by atoms with Gasteiger partial charge in [-0.1, -0.05) is 26.7 Å². The first-order chi connectivity index (χ1) is 10.1. The zero-order chi connectivity index (χ0) is 15.7. The summed E-state index contributed by atoms with van der Waals surface area (Å²) in [7, 11) is 0. The van der Waals surface area contributed by atoms with Gasteiger partial charge in [-0.05, 0) is 12.8 Å². The molecule has 122 valence electrons. The number of nitrogens with zero attached hydrogens (tertiary/aromatic N) is 2. The number of carbonyl (C=O) groups is 2. The first kappa shape index (κ1) is 17.9. The van der Waals surface area contributed by atoms with Crippen LogP contribution in [0, 0.1) is 0 Å². The lowest BCUT2D eigenvalue weighted by molar-refractivity contribution is -0.157. The van der Waals surface area contributed by atoms with Crippen molar-refractivity contribution in [2.24, 2.45) is 0 Å². The van der Waals surface area contributed by atoms with Crippen LogP contribution < -0.4 is 0 Å². The van der Waals surface area contributed by atoms with Crippen LogP contribution in [0.15, 0.2) is 0 Å². The smallest absolute Gasteiger partial charge is 0.334 e. The van der Waals surface area contributed by atoms with Gasteiger partial charge in [0.05, 0.1) is 13.2 Å². The average Bonchev–Trinajstić information content (AvgIpc) is 2.47. The Hall–Kier alpha value is -1.14. The van der Waals surface area contributed by atoms with Crippen molar-refractivity contribution in [3.8, 4) is 0 Å². The molecule has 0 aromatic heterocycles. The molecule has 1 atom stereocenters. The summed E-state index contributed by atoms with van der Waals surface area (Å²) < 4.78 is 5.18. The van der Waals surface area contributed by atoms with E-state index in [9.17, 15) is 9.59 Å². The Kier molecular flexibility index (Phi) is 8.30. The maximum atomic E-state index is 12.4. The van der Waals surface area contributed by atoms with E-state index in [0.29, 0.717) is 19.7 Å². The minimum absolute atomic E-state index is 0.0999. The van der Waals surface area contributed by atoms with E-state index in [2.05, 4.69) is 13.8 Å². The molecule has 0 aromatic rings. The third-order valence-corrected chi connectivity index (χ3v) is 3.70. The van der Waals surface area contributed by atoms with Crippen molar-refractivity contribution in [2.45, 2.75) is 45.6 Å². The van der Waals surface area contributed by atoms with Gasteiger partial charge in [-0.25, -0.2) is 4.79 Å². The number of morpholine rings is 1. The molecule has 1 aliphatic rings. The summed E-state index contributed by atoms with van der Waals surface area (Å²) in [4.78, 5) is 27.2. The zero-order valence-electron chi connectivity index (χ0n) is 13.2. The standard InChI is InChI=1S/C15H28N2O4/c1-3-5-7-17(8-6-4-2)14(18)12-16-9-10-21-13(11-16)15(19)20/h13H,3-12H2,1-2H3,(H,19,20). The van der Waals surface area contributed by atoms with Crippen molar-refractivity contribution in [3.63, 3.8) is 0 Å². The molecule has 1 unspecified atom stereocenters. The first-order valence-corrected chi connectivity index (χ1v) is 7.93. The van der Waals surface area contributed by atoms with Crippen LogP contribution >= 0.6 is 0 Å². The van der Waals surface area contributed by atoms with Crippen molar-refractivity contribution in [3.05, 3.63) is 0 Å². The molecule has 1 saturated heterocycles. The Bertz CT molecular complexity index is 328. The lowest BCUT2D eigenvalue weighted by atomic mass is 10.2. The van der Waals surface area contributed by atoms with Crippen LogP contribution in [0.1, 0.15) is 39.5 Å². The number of amides is 1. The SMILES string of the molecule is CCCCN(CCCC)C(=O)CN1CCOC(C(=O)O)C1. The predicted molar refractivity (Wildman–Crippen MR) is 80.2 cm³/mol. The summed E-state index contributed by atoms with van der Waals surface area (Å²) in [6, 6.07) is 0. The van der Waals surface area contributed by atoms with Gasteiger partial charge in [-0.15, -0.1) is 0 Å². The Morgan fingerprint density at radius 3 is 2.38 bits per heavy atom. The van der Waals surface area contributed by atoms with Crippen LogP contribution in [0.25, 0.3) is 0 Å². The fraction of sp³-hybridized carbons (Fsp3) is 0.867. The third kappa shape index (κ3) is 6.44. The Balaban J connectivity index is 2.48. The Morgan fingerprint density at radius 1 is 1.24 bits per heavy atom. The second-order valence-electron chi connectivity index (χ2n) is 5.52. The molecule has 0 spiro atoms. The summed E-state index contributed by atoms with van der Waals surface area (Å²) in [5.74, 6) is -0.857. The van der Waals surface area contributed by atoms with Gasteiger partial charge in [0.15, 0.2) is 6.10 Å². The van der Waals surface area contributed by atoms with Crippen LogP contribution in [0.4, 0.5) is 0 Å². The topological polar surface area (TPSA) is 70.1 Å². The molecule has 0 bridgehead atoms. The Morgan fingerprint density at radius 2 is 1.86 bits per heavy atom. The molecule has 6 nitrogen and oxygen atoms in total. The van der Waals surface area contributed by atoms with E-state index in [0.717, 1.165) is 38.8 Å². The second-order valence-corrected chi connectivity index (χ2v) is 5.52. The van der Waals surface area contributed by atoms with E-state index < -0.39 is 12.1 Å². The first-order valence-electron chi connectivity index (χ1n) is 7.93. The van der Waals surface area contributed by atoms with E-state index in [-0.39, 0.29) is 12.5 Å². The highest BCUT2D eigenvalue weighted by Crippen LogP contribution is 2.07. The molecule has 0 saturated carbocycles. The van der Waals surface area contributed by atoms with Crippen molar-refractivity contribution < 1.29 is 19.4 Å². The number of unbranched alkanes of at least 4 members (excludes halogenated alkanes) is 2. The van der Waals surface area contributed by atoms with E-state index in [1.165, 1.54) is 0 Å². The Labute approximate surface area is 127 Å². The van der Waals surface area contributed by atoms with Crippen molar-refractivity contribution in [1.82, 2.24) is 9.80 Å². The van der Waals surface area contributed by atoms with E-state index >= 15 is 0 Å². The molecule has 1 fully saturated rings. The van der Waals surface area contributed by atoms with Crippen LogP contribution in [0.5, 0.6) is 0 Å². The minimum Gasteiger partial charge on any atom is -0.479 e. The molecule has 1 aliphatic heterocycles. The summed E-state index contributed by atoms with van der Waals surface area (Å²) in [5, 5.41) is 8.98. The summed E-state index contributed by atoms with van der Waals surface area (Å²) in [6.45, 7) is 7.38. The quantitative estimate of drug-likeness (QED) is 0.693. The molecule has 1 heterocycles. The lowest BCUT2D eigenvalue weighted by Gasteiger charge is -2.32. The number of ether oxygens (including phenoxy) is 1. The van der Waals surface area contributed by atoms with Crippen LogP contribution in [0.2, 0.25) is 0 Å². The number of carboxylic acid groups (broad SMARTS) is 1. The monoisotopic (exact) mass is 300 g/mol. The van der Waals surface area contributed by atoms with Gasteiger partial charge in [0.2, 0.25) is 5.91 Å². The van der Waals surface area contributed by atoms with E-state index in [1.807, 2.05) is 9.80 Å². The second kappa shape index (κ2) is 9.73. The molecule has 0 aliphatic carbocycles. The zero-order valence-corrected chi connectivity index (χ0v) is 13.2. The largest absolute Gasteiger partial charge is 0.479 e. The highest BCUT2D eigenvalue weighted by atomic mass is 16.5. The van der Waals surface area contributed by atoms with Gasteiger partial charge in [-0.3, -0.25) is 9.69 Å². The number of carboxylic acids is 1. The molecule has 0 aromatic carbocycles. The summed E-state index contributed by atoms with van der Waals surface area (Å²) in [5.41, 5.74) is 0.